The second-order valence-corrected chi connectivity index (χ2v) is 7.28. The average molecular weight is 395 g/mol. The van der Waals surface area contributed by atoms with Crippen molar-refractivity contribution in [2.75, 3.05) is 0 Å². The zero-order valence-electron chi connectivity index (χ0n) is 15.2. The largest absolute Gasteiger partial charge is 0.449 e. The van der Waals surface area contributed by atoms with Crippen molar-refractivity contribution >= 4 is 29.2 Å². The summed E-state index contributed by atoms with van der Waals surface area (Å²) < 4.78 is 10.5. The third kappa shape index (κ3) is 5.30. The molecule has 2 aromatic rings. The van der Waals surface area contributed by atoms with Crippen LogP contribution in [-0.2, 0) is 9.53 Å². The molecule has 1 heterocycles. The number of hydrogen-bond acceptors (Lipinski definition) is 6. The van der Waals surface area contributed by atoms with Crippen LogP contribution in [0.25, 0.3) is 11.3 Å². The fourth-order valence-electron chi connectivity index (χ4n) is 2.15. The van der Waals surface area contributed by atoms with Crippen molar-refractivity contribution in [2.24, 2.45) is 0 Å². The number of halogens is 1. The van der Waals surface area contributed by atoms with Gasteiger partial charge in [0.25, 0.3) is 11.6 Å². The summed E-state index contributed by atoms with van der Waals surface area (Å²) in [6.45, 7) is 6.89. The number of carbonyl (C=O) groups excluding carboxylic acids is 2. The molecule has 0 bridgehead atoms. The Morgan fingerprint density at radius 1 is 1.26 bits per heavy atom. The van der Waals surface area contributed by atoms with E-state index in [1.807, 2.05) is 20.8 Å². The minimum absolute atomic E-state index is 0.108. The van der Waals surface area contributed by atoms with E-state index in [-0.39, 0.29) is 22.2 Å². The molecule has 0 radical (unpaired) electrons. The number of amides is 1. The molecule has 1 aromatic heterocycles. The van der Waals surface area contributed by atoms with Crippen molar-refractivity contribution in [1.82, 2.24) is 5.32 Å². The highest BCUT2D eigenvalue weighted by molar-refractivity contribution is 6.33. The molecule has 0 aliphatic rings. The highest BCUT2D eigenvalue weighted by Crippen LogP contribution is 2.32. The van der Waals surface area contributed by atoms with Gasteiger partial charge < -0.3 is 14.5 Å². The van der Waals surface area contributed by atoms with Crippen LogP contribution in [0.2, 0.25) is 5.02 Å². The average Bonchev–Trinajstić information content (AvgIpc) is 3.02. The Kier molecular flexibility index (Phi) is 5.90. The topological polar surface area (TPSA) is 112 Å². The molecule has 0 aliphatic heterocycles. The first-order valence-electron chi connectivity index (χ1n) is 8.05. The predicted octanol–water partition coefficient (Wildman–Crippen LogP) is 3.97. The van der Waals surface area contributed by atoms with E-state index in [1.54, 1.807) is 0 Å². The van der Waals surface area contributed by atoms with Gasteiger partial charge in [0.15, 0.2) is 6.10 Å². The number of non-ortho nitro benzene ring substituents is 1. The number of nitro groups is 1. The van der Waals surface area contributed by atoms with Crippen LogP contribution in [0.4, 0.5) is 5.69 Å². The van der Waals surface area contributed by atoms with Crippen LogP contribution in [-0.4, -0.2) is 28.4 Å². The number of nitrogens with zero attached hydrogens (tertiary/aromatic N) is 1. The van der Waals surface area contributed by atoms with Crippen LogP contribution in [0.15, 0.2) is 34.7 Å². The van der Waals surface area contributed by atoms with Gasteiger partial charge in [-0.25, -0.2) is 4.79 Å². The molecule has 0 fully saturated rings. The molecular formula is C18H19ClN2O6. The maximum absolute atomic E-state index is 12.2. The van der Waals surface area contributed by atoms with Gasteiger partial charge in [0, 0.05) is 23.2 Å². The highest BCUT2D eigenvalue weighted by Gasteiger charge is 2.24. The molecule has 0 unspecified atom stereocenters. The smallest absolute Gasteiger partial charge is 0.375 e. The Hall–Kier alpha value is -2.87. The van der Waals surface area contributed by atoms with Crippen molar-refractivity contribution in [3.8, 4) is 11.3 Å². The van der Waals surface area contributed by atoms with E-state index in [1.165, 1.54) is 37.3 Å². The molecule has 9 heteroatoms. The molecule has 1 aromatic carbocycles. The van der Waals surface area contributed by atoms with Crippen LogP contribution >= 0.6 is 11.6 Å². The number of ether oxygens (including phenoxy) is 1. The van der Waals surface area contributed by atoms with E-state index in [0.717, 1.165) is 0 Å². The molecule has 1 atom stereocenters. The lowest BCUT2D eigenvalue weighted by Crippen LogP contribution is -2.46. The molecule has 8 nitrogen and oxygen atoms in total. The van der Waals surface area contributed by atoms with Crippen molar-refractivity contribution in [1.29, 1.82) is 0 Å². The highest BCUT2D eigenvalue weighted by atomic mass is 35.5. The van der Waals surface area contributed by atoms with Gasteiger partial charge in [0.1, 0.15) is 5.76 Å². The van der Waals surface area contributed by atoms with E-state index in [9.17, 15) is 19.7 Å². The molecule has 144 valence electrons. The predicted molar refractivity (Wildman–Crippen MR) is 98.6 cm³/mol. The van der Waals surface area contributed by atoms with Crippen LogP contribution in [0.1, 0.15) is 38.2 Å². The Bertz CT molecular complexity index is 884. The van der Waals surface area contributed by atoms with E-state index < -0.39 is 28.4 Å². The van der Waals surface area contributed by atoms with Gasteiger partial charge in [-0.3, -0.25) is 14.9 Å². The number of nitro benzene ring substituents is 1. The van der Waals surface area contributed by atoms with Gasteiger partial charge in [-0.05, 0) is 45.9 Å². The summed E-state index contributed by atoms with van der Waals surface area (Å²) in [6, 6.07) is 6.76. The van der Waals surface area contributed by atoms with Crippen LogP contribution in [0.3, 0.4) is 0 Å². The van der Waals surface area contributed by atoms with Crippen LogP contribution < -0.4 is 5.32 Å². The summed E-state index contributed by atoms with van der Waals surface area (Å²) in [5.41, 5.74) is -0.226. The summed E-state index contributed by atoms with van der Waals surface area (Å²) in [5.74, 6) is -1.11. The molecule has 0 aliphatic carbocycles. The van der Waals surface area contributed by atoms with E-state index in [4.69, 9.17) is 20.8 Å². The lowest BCUT2D eigenvalue weighted by atomic mass is 10.1. The van der Waals surface area contributed by atoms with Gasteiger partial charge in [-0.2, -0.15) is 0 Å². The first kappa shape index (κ1) is 20.4. The molecule has 0 saturated carbocycles. The van der Waals surface area contributed by atoms with Gasteiger partial charge in [0.05, 0.1) is 9.95 Å². The molecule has 0 spiro atoms. The number of hydrogen-bond donors (Lipinski definition) is 1. The lowest BCUT2D eigenvalue weighted by Gasteiger charge is -2.22. The Morgan fingerprint density at radius 3 is 2.48 bits per heavy atom. The number of benzene rings is 1. The molecular weight excluding hydrogens is 376 g/mol. The minimum atomic E-state index is -1.01. The molecule has 2 rings (SSSR count). The zero-order chi connectivity index (χ0) is 20.4. The summed E-state index contributed by atoms with van der Waals surface area (Å²) >= 11 is 6.05. The normalized spacial score (nSPS) is 12.3. The van der Waals surface area contributed by atoms with E-state index >= 15 is 0 Å². The maximum Gasteiger partial charge on any atom is 0.375 e. The van der Waals surface area contributed by atoms with Crippen molar-refractivity contribution in [3.63, 3.8) is 0 Å². The van der Waals surface area contributed by atoms with Gasteiger partial charge in [-0.1, -0.05) is 11.6 Å². The number of esters is 1. The monoisotopic (exact) mass is 394 g/mol. The minimum Gasteiger partial charge on any atom is -0.449 e. The van der Waals surface area contributed by atoms with Gasteiger partial charge in [-0.15, -0.1) is 0 Å². The molecule has 1 amide bonds. The quantitative estimate of drug-likeness (QED) is 0.466. The first-order chi connectivity index (χ1) is 12.5. The lowest BCUT2D eigenvalue weighted by molar-refractivity contribution is -0.384. The van der Waals surface area contributed by atoms with Crippen molar-refractivity contribution < 1.29 is 23.7 Å². The fraction of sp³-hybridized carbons (Fsp3) is 0.333. The third-order valence-electron chi connectivity index (χ3n) is 3.39. The van der Waals surface area contributed by atoms with E-state index in [2.05, 4.69) is 5.32 Å². The first-order valence-corrected chi connectivity index (χ1v) is 8.43. The third-order valence-corrected chi connectivity index (χ3v) is 3.70. The van der Waals surface area contributed by atoms with E-state index in [0.29, 0.717) is 5.56 Å². The van der Waals surface area contributed by atoms with Crippen molar-refractivity contribution in [3.05, 3.63) is 51.2 Å². The number of carbonyl (C=O) groups is 2. The number of nitrogens with one attached hydrogen (secondary N) is 1. The number of furan rings is 1. The summed E-state index contributed by atoms with van der Waals surface area (Å²) in [6.07, 6.45) is -1.01. The second kappa shape index (κ2) is 7.79. The van der Waals surface area contributed by atoms with Crippen LogP contribution in [0, 0.1) is 10.1 Å². The molecule has 27 heavy (non-hydrogen) atoms. The summed E-state index contributed by atoms with van der Waals surface area (Å²) in [4.78, 5) is 34.4. The van der Waals surface area contributed by atoms with Crippen LogP contribution in [0.5, 0.6) is 0 Å². The maximum atomic E-state index is 12.2. The fourth-order valence-corrected chi connectivity index (χ4v) is 2.42. The summed E-state index contributed by atoms with van der Waals surface area (Å²) in [5, 5.41) is 13.6. The molecule has 0 saturated heterocycles. The summed E-state index contributed by atoms with van der Waals surface area (Å²) in [7, 11) is 0. The Balaban J connectivity index is 2.12. The standard InChI is InChI=1S/C18H19ClN2O6/c1-10(16(22)20-18(2,3)4)26-17(23)15-8-7-14(27-15)12-6-5-11(21(24)25)9-13(12)19/h5-10H,1-4H3,(H,20,22)/t10-/m1/s1. The SMILES string of the molecule is C[C@@H](OC(=O)c1ccc(-c2ccc([N+](=O)[O-])cc2Cl)o1)C(=O)NC(C)(C)C. The number of rotatable bonds is 5. The zero-order valence-corrected chi connectivity index (χ0v) is 16.0. The molecule has 1 N–H and O–H groups in total. The second-order valence-electron chi connectivity index (χ2n) is 6.87. The Labute approximate surface area is 160 Å². The Morgan fingerprint density at radius 2 is 1.93 bits per heavy atom. The van der Waals surface area contributed by atoms with Crippen molar-refractivity contribution in [2.45, 2.75) is 39.3 Å². The van der Waals surface area contributed by atoms with Gasteiger partial charge >= 0.3 is 5.97 Å². The van der Waals surface area contributed by atoms with Gasteiger partial charge in [0.2, 0.25) is 5.76 Å².